The zero-order chi connectivity index (χ0) is 52.1. The van der Waals surface area contributed by atoms with Gasteiger partial charge in [0.15, 0.2) is 6.10 Å². The zero-order valence-electron chi connectivity index (χ0n) is 46.3. The largest absolute Gasteiger partial charge is 0.393 e. The molecule has 1 saturated heterocycles. The summed E-state index contributed by atoms with van der Waals surface area (Å²) in [5.41, 5.74) is 2.56. The summed E-state index contributed by atoms with van der Waals surface area (Å²) in [6.45, 7) is 49.6. The standard InChI is InChI=1S/C48H96N4O8.C3H8.C2H2/c1-32(2)34(54)24-39(3,4)25-42(9,10)47(19,20)58-31-46(17,18)60-45(15,16)28-48(21)38(59-48)51-30-41(7,8)27-44(13,14)52-35(55)23-22-33(53)36(56)37(57)50-29-40(5,6)26-43(11,12)49;1-3-2;1-2/h32-34,36,38,51,53-54,56H,22-31,49H2,1-21H3,(H,50,57)(H,52,55);3H2,1-2H3;1-2H/t33-,34?,36+,38?,48?;;/m1../s1. The predicted molar refractivity (Wildman–Crippen MR) is 270 cm³/mol. The van der Waals surface area contributed by atoms with Crippen molar-refractivity contribution in [2.45, 2.75) is 269 Å². The molecule has 386 valence electrons. The van der Waals surface area contributed by atoms with Crippen molar-refractivity contribution in [3.63, 3.8) is 0 Å². The number of carbonyl (C=O) groups is 2. The number of aliphatic hydroxyl groups is 3. The second-order valence-electron chi connectivity index (χ2n) is 26.1. The average molecular weight is 927 g/mol. The summed E-state index contributed by atoms with van der Waals surface area (Å²) in [5.74, 6) is -0.705. The van der Waals surface area contributed by atoms with Gasteiger partial charge >= 0.3 is 0 Å². The number of ether oxygens (including phenoxy) is 3. The second-order valence-corrected chi connectivity index (χ2v) is 26.1. The van der Waals surface area contributed by atoms with Crippen LogP contribution in [-0.2, 0) is 23.8 Å². The number of aliphatic hydroxyl groups excluding tert-OH is 3. The minimum absolute atomic E-state index is 0.0338. The van der Waals surface area contributed by atoms with Crippen LogP contribution in [-0.4, -0.2) is 105 Å². The number of hydrogen-bond acceptors (Lipinski definition) is 10. The summed E-state index contributed by atoms with van der Waals surface area (Å²) >= 11 is 0. The van der Waals surface area contributed by atoms with Gasteiger partial charge in [0.05, 0.1) is 35.6 Å². The number of carbonyl (C=O) groups excluding carboxylic acids is 2. The fraction of sp³-hybridized carbons (Fsp3) is 0.925. The molecule has 0 aromatic carbocycles. The lowest BCUT2D eigenvalue weighted by molar-refractivity contribution is -0.198. The first-order chi connectivity index (χ1) is 28.9. The summed E-state index contributed by atoms with van der Waals surface area (Å²) in [6.07, 6.45) is 9.33. The lowest BCUT2D eigenvalue weighted by Crippen LogP contribution is -2.50. The molecule has 1 heterocycles. The van der Waals surface area contributed by atoms with Crippen LogP contribution in [0.2, 0.25) is 0 Å². The zero-order valence-corrected chi connectivity index (χ0v) is 46.3. The van der Waals surface area contributed by atoms with Crippen molar-refractivity contribution in [1.82, 2.24) is 16.0 Å². The molecule has 65 heavy (non-hydrogen) atoms. The van der Waals surface area contributed by atoms with E-state index >= 15 is 0 Å². The first kappa shape index (κ1) is 65.3. The quantitative estimate of drug-likeness (QED) is 0.0295. The van der Waals surface area contributed by atoms with Crippen LogP contribution in [0.25, 0.3) is 0 Å². The molecular weight excluding hydrogens is 821 g/mol. The minimum Gasteiger partial charge on any atom is -0.393 e. The summed E-state index contributed by atoms with van der Waals surface area (Å²) in [5, 5.41) is 41.0. The van der Waals surface area contributed by atoms with Crippen LogP contribution in [0.15, 0.2) is 0 Å². The van der Waals surface area contributed by atoms with Gasteiger partial charge in [0.1, 0.15) is 11.8 Å². The summed E-state index contributed by atoms with van der Waals surface area (Å²) in [4.78, 5) is 25.5. The SMILES string of the molecule is C#C.CC(C)C(O)CC(C)(C)CC(C)(C)C(C)(C)OCC(C)(C)OC(C)(C)CC1(C)OC1NCC(C)(C)CC(C)(C)NC(=O)CC[C@@H](O)[C@H](O)C(=O)NCC(C)(C)CC(C)(C)N.CCC. The van der Waals surface area contributed by atoms with Gasteiger partial charge in [-0.15, -0.1) is 12.8 Å². The van der Waals surface area contributed by atoms with Crippen molar-refractivity contribution in [2.75, 3.05) is 19.7 Å². The first-order valence-electron chi connectivity index (χ1n) is 24.4. The van der Waals surface area contributed by atoms with Crippen LogP contribution in [0.4, 0.5) is 0 Å². The highest BCUT2D eigenvalue weighted by Crippen LogP contribution is 2.47. The lowest BCUT2D eigenvalue weighted by Gasteiger charge is -2.48. The highest BCUT2D eigenvalue weighted by molar-refractivity contribution is 5.81. The number of amides is 2. The highest BCUT2D eigenvalue weighted by atomic mass is 16.6. The number of terminal acetylenes is 1. The fourth-order valence-electron chi connectivity index (χ4n) is 9.57. The van der Waals surface area contributed by atoms with Gasteiger partial charge in [-0.25, -0.2) is 0 Å². The van der Waals surface area contributed by atoms with Crippen molar-refractivity contribution in [2.24, 2.45) is 33.3 Å². The van der Waals surface area contributed by atoms with E-state index in [0.29, 0.717) is 39.0 Å². The third kappa shape index (κ3) is 26.5. The molecule has 0 bridgehead atoms. The van der Waals surface area contributed by atoms with Crippen molar-refractivity contribution < 1.29 is 39.1 Å². The number of epoxide rings is 1. The molecule has 12 heteroatoms. The third-order valence-corrected chi connectivity index (χ3v) is 12.2. The number of rotatable bonds is 28. The molecule has 0 aromatic heterocycles. The van der Waals surface area contributed by atoms with Crippen LogP contribution < -0.4 is 21.7 Å². The Hall–Kier alpha value is -1.82. The molecule has 12 nitrogen and oxygen atoms in total. The Balaban J connectivity index is 0. The maximum absolute atomic E-state index is 13.0. The van der Waals surface area contributed by atoms with E-state index in [-0.39, 0.29) is 58.7 Å². The van der Waals surface area contributed by atoms with E-state index in [1.165, 1.54) is 6.42 Å². The van der Waals surface area contributed by atoms with Crippen LogP contribution in [0.1, 0.15) is 211 Å². The maximum Gasteiger partial charge on any atom is 0.251 e. The molecule has 5 atom stereocenters. The molecule has 0 saturated carbocycles. The van der Waals surface area contributed by atoms with Gasteiger partial charge in [-0.3, -0.25) is 14.9 Å². The molecule has 0 spiro atoms. The van der Waals surface area contributed by atoms with E-state index in [4.69, 9.17) is 19.9 Å². The van der Waals surface area contributed by atoms with E-state index < -0.39 is 51.6 Å². The van der Waals surface area contributed by atoms with E-state index in [1.807, 2.05) is 41.5 Å². The maximum atomic E-state index is 13.0. The molecule has 1 aliphatic heterocycles. The Morgan fingerprint density at radius 2 is 1.25 bits per heavy atom. The van der Waals surface area contributed by atoms with Crippen LogP contribution in [0.3, 0.4) is 0 Å². The predicted octanol–water partition coefficient (Wildman–Crippen LogP) is 9.05. The molecular formula is C53H106N4O8. The number of hydrogen-bond donors (Lipinski definition) is 7. The van der Waals surface area contributed by atoms with Crippen molar-refractivity contribution in [1.29, 1.82) is 0 Å². The average Bonchev–Trinajstić information content (AvgIpc) is 3.73. The monoisotopic (exact) mass is 927 g/mol. The Kier molecular flexibility index (Phi) is 25.3. The molecule has 3 unspecified atom stereocenters. The topological polar surface area (TPSA) is 188 Å². The summed E-state index contributed by atoms with van der Waals surface area (Å²) < 4.78 is 19.7. The highest BCUT2D eigenvalue weighted by Gasteiger charge is 2.56. The third-order valence-electron chi connectivity index (χ3n) is 12.2. The second kappa shape index (κ2) is 25.2. The van der Waals surface area contributed by atoms with Crippen LogP contribution in [0, 0.1) is 40.4 Å². The van der Waals surface area contributed by atoms with E-state index in [1.54, 1.807) is 0 Å². The molecule has 1 fully saturated rings. The Labute approximate surface area is 400 Å². The van der Waals surface area contributed by atoms with Crippen LogP contribution in [0.5, 0.6) is 0 Å². The first-order valence-corrected chi connectivity index (χ1v) is 24.4. The molecule has 0 aliphatic carbocycles. The minimum atomic E-state index is -1.64. The Bertz CT molecular complexity index is 1440. The Morgan fingerprint density at radius 1 is 0.754 bits per heavy atom. The summed E-state index contributed by atoms with van der Waals surface area (Å²) in [7, 11) is 0. The lowest BCUT2D eigenvalue weighted by atomic mass is 9.65. The van der Waals surface area contributed by atoms with Crippen molar-refractivity contribution in [3.8, 4) is 12.8 Å². The smallest absolute Gasteiger partial charge is 0.251 e. The van der Waals surface area contributed by atoms with Crippen molar-refractivity contribution >= 4 is 11.8 Å². The van der Waals surface area contributed by atoms with E-state index in [2.05, 4.69) is 147 Å². The van der Waals surface area contributed by atoms with Gasteiger partial charge in [-0.2, -0.15) is 0 Å². The van der Waals surface area contributed by atoms with Gasteiger partial charge < -0.3 is 45.9 Å². The molecule has 2 amide bonds. The van der Waals surface area contributed by atoms with Crippen molar-refractivity contribution in [3.05, 3.63) is 0 Å². The molecule has 1 aliphatic rings. The molecule has 1 rings (SSSR count). The van der Waals surface area contributed by atoms with Gasteiger partial charge in [-0.05, 0) is 136 Å². The van der Waals surface area contributed by atoms with E-state index in [0.717, 1.165) is 12.8 Å². The fourth-order valence-corrected chi connectivity index (χ4v) is 9.57. The van der Waals surface area contributed by atoms with Gasteiger partial charge in [0.25, 0.3) is 5.91 Å². The van der Waals surface area contributed by atoms with Gasteiger partial charge in [-0.1, -0.05) is 89.5 Å². The summed E-state index contributed by atoms with van der Waals surface area (Å²) in [6, 6.07) is 0. The van der Waals surface area contributed by atoms with Gasteiger partial charge in [0.2, 0.25) is 5.91 Å². The number of nitrogens with one attached hydrogen (secondary N) is 3. The van der Waals surface area contributed by atoms with Crippen LogP contribution >= 0.6 is 0 Å². The Morgan fingerprint density at radius 3 is 1.72 bits per heavy atom. The molecule has 8 N–H and O–H groups in total. The molecule has 0 aromatic rings. The van der Waals surface area contributed by atoms with E-state index in [9.17, 15) is 24.9 Å². The van der Waals surface area contributed by atoms with Gasteiger partial charge in [0, 0.05) is 37.0 Å². The normalized spacial score (nSPS) is 19.3. The number of nitrogens with two attached hydrogens (primary N) is 1. The molecule has 0 radical (unpaired) electrons.